The fraction of sp³-hybridized carbons (Fsp3) is 0.259. The van der Waals surface area contributed by atoms with Gasteiger partial charge in [-0.05, 0) is 60.5 Å². The van der Waals surface area contributed by atoms with Crippen LogP contribution in [0.1, 0.15) is 34.2 Å². The van der Waals surface area contributed by atoms with Crippen molar-refractivity contribution in [2.45, 2.75) is 31.5 Å². The van der Waals surface area contributed by atoms with Gasteiger partial charge in [-0.1, -0.05) is 19.1 Å². The van der Waals surface area contributed by atoms with Crippen molar-refractivity contribution in [1.82, 2.24) is 19.6 Å². The molecule has 0 saturated heterocycles. The Hall–Kier alpha value is -3.90. The number of halogens is 3. The quantitative estimate of drug-likeness (QED) is 0.363. The monoisotopic (exact) mass is 558 g/mol. The molecule has 0 radical (unpaired) electrons. The first-order valence-electron chi connectivity index (χ1n) is 12.2. The summed E-state index contributed by atoms with van der Waals surface area (Å²) in [6, 6.07) is 13.7. The number of carbonyl (C=O) groups is 1. The van der Waals surface area contributed by atoms with Gasteiger partial charge in [-0.25, -0.2) is 18.1 Å². The smallest absolute Gasteiger partial charge is 0.417 e. The minimum atomic E-state index is -4.94. The molecule has 204 valence electrons. The Morgan fingerprint density at radius 1 is 1.10 bits per heavy atom. The Balaban J connectivity index is 1.48. The summed E-state index contributed by atoms with van der Waals surface area (Å²) >= 11 is 0. The first kappa shape index (κ1) is 26.7. The predicted molar refractivity (Wildman–Crippen MR) is 139 cm³/mol. The summed E-state index contributed by atoms with van der Waals surface area (Å²) < 4.78 is 74.5. The zero-order valence-corrected chi connectivity index (χ0v) is 21.9. The van der Waals surface area contributed by atoms with E-state index >= 15 is 0 Å². The van der Waals surface area contributed by atoms with Gasteiger partial charge in [0.1, 0.15) is 18.2 Å². The van der Waals surface area contributed by atoms with Crippen LogP contribution >= 0.6 is 0 Å². The van der Waals surface area contributed by atoms with Crippen LogP contribution in [0.5, 0.6) is 5.75 Å². The van der Waals surface area contributed by atoms with E-state index in [-0.39, 0.29) is 26.2 Å². The van der Waals surface area contributed by atoms with Crippen molar-refractivity contribution in [3.05, 3.63) is 77.1 Å². The normalized spacial score (nSPS) is 14.1. The SMILES string of the molecule is CCNS(=O)(=O)c1ccc(C(=O)N2CCOc3ccc(-c4ccc5nc(C)[nH]c5c4)cc3C2)c(C(F)(F)F)c1. The molecule has 1 aliphatic rings. The lowest BCUT2D eigenvalue weighted by Gasteiger charge is -2.23. The van der Waals surface area contributed by atoms with E-state index in [4.69, 9.17) is 4.74 Å². The van der Waals surface area contributed by atoms with Gasteiger partial charge in [0.25, 0.3) is 5.91 Å². The van der Waals surface area contributed by atoms with Crippen LogP contribution in [0.2, 0.25) is 0 Å². The van der Waals surface area contributed by atoms with Crippen LogP contribution in [0.25, 0.3) is 22.2 Å². The topological polar surface area (TPSA) is 104 Å². The summed E-state index contributed by atoms with van der Waals surface area (Å²) in [5.74, 6) is 0.457. The maximum atomic E-state index is 14.0. The number of nitrogens with one attached hydrogen (secondary N) is 2. The molecular weight excluding hydrogens is 533 g/mol. The maximum absolute atomic E-state index is 14.0. The van der Waals surface area contributed by atoms with Gasteiger partial charge >= 0.3 is 6.18 Å². The van der Waals surface area contributed by atoms with Crippen LogP contribution in [-0.2, 0) is 22.7 Å². The van der Waals surface area contributed by atoms with Crippen LogP contribution in [0.3, 0.4) is 0 Å². The lowest BCUT2D eigenvalue weighted by Crippen LogP contribution is -2.34. The number of H-pyrrole nitrogens is 1. The van der Waals surface area contributed by atoms with Gasteiger partial charge in [0.2, 0.25) is 10.0 Å². The Labute approximate surface area is 222 Å². The summed E-state index contributed by atoms with van der Waals surface area (Å²) in [7, 11) is -4.15. The number of carbonyl (C=O) groups excluding carboxylic acids is 1. The summed E-state index contributed by atoms with van der Waals surface area (Å²) in [6.07, 6.45) is -4.94. The van der Waals surface area contributed by atoms with E-state index < -0.39 is 38.1 Å². The van der Waals surface area contributed by atoms with Crippen molar-refractivity contribution in [1.29, 1.82) is 0 Å². The molecule has 0 aliphatic carbocycles. The molecule has 4 aromatic rings. The fourth-order valence-corrected chi connectivity index (χ4v) is 5.69. The number of aromatic nitrogens is 2. The van der Waals surface area contributed by atoms with E-state index in [0.29, 0.717) is 17.4 Å². The zero-order valence-electron chi connectivity index (χ0n) is 21.1. The highest BCUT2D eigenvalue weighted by molar-refractivity contribution is 7.89. The van der Waals surface area contributed by atoms with Crippen molar-refractivity contribution in [3.63, 3.8) is 0 Å². The number of hydrogen-bond acceptors (Lipinski definition) is 5. The Morgan fingerprint density at radius 2 is 1.85 bits per heavy atom. The molecule has 1 amide bonds. The number of alkyl halides is 3. The van der Waals surface area contributed by atoms with Crippen LogP contribution in [0.4, 0.5) is 13.2 Å². The van der Waals surface area contributed by atoms with E-state index in [2.05, 4.69) is 14.7 Å². The predicted octanol–water partition coefficient (Wildman–Crippen LogP) is 4.89. The van der Waals surface area contributed by atoms with E-state index in [1.807, 2.05) is 37.3 Å². The molecule has 0 unspecified atom stereocenters. The first-order chi connectivity index (χ1) is 18.5. The van der Waals surface area contributed by atoms with Crippen molar-refractivity contribution in [2.24, 2.45) is 0 Å². The number of sulfonamides is 1. The number of aryl methyl sites for hydroxylation is 1. The lowest BCUT2D eigenvalue weighted by atomic mass is 10.0. The molecule has 5 rings (SSSR count). The van der Waals surface area contributed by atoms with Gasteiger partial charge < -0.3 is 14.6 Å². The Morgan fingerprint density at radius 3 is 2.59 bits per heavy atom. The molecule has 0 fully saturated rings. The average molecular weight is 559 g/mol. The highest BCUT2D eigenvalue weighted by Crippen LogP contribution is 2.36. The summed E-state index contributed by atoms with van der Waals surface area (Å²) in [5, 5.41) is 0. The van der Waals surface area contributed by atoms with Gasteiger partial charge in [-0.2, -0.15) is 13.2 Å². The number of amides is 1. The number of ether oxygens (including phenoxy) is 1. The van der Waals surface area contributed by atoms with E-state index in [1.165, 1.54) is 11.8 Å². The van der Waals surface area contributed by atoms with Crippen LogP contribution < -0.4 is 9.46 Å². The Bertz CT molecular complexity index is 1680. The van der Waals surface area contributed by atoms with Gasteiger partial charge in [0.15, 0.2) is 0 Å². The Kier molecular flexibility index (Phi) is 6.85. The van der Waals surface area contributed by atoms with Crippen LogP contribution in [0, 0.1) is 6.92 Å². The van der Waals surface area contributed by atoms with Gasteiger partial charge in [-0.3, -0.25) is 4.79 Å². The van der Waals surface area contributed by atoms with E-state index in [1.54, 1.807) is 6.07 Å². The summed E-state index contributed by atoms with van der Waals surface area (Å²) in [6.45, 7) is 3.55. The third-order valence-corrected chi connectivity index (χ3v) is 7.98. The molecule has 1 aliphatic heterocycles. The molecule has 1 aromatic heterocycles. The first-order valence-corrected chi connectivity index (χ1v) is 13.7. The van der Waals surface area contributed by atoms with Crippen molar-refractivity contribution in [3.8, 4) is 16.9 Å². The van der Waals surface area contributed by atoms with E-state index in [9.17, 15) is 26.4 Å². The number of imidazole rings is 1. The zero-order chi connectivity index (χ0) is 27.9. The number of hydrogen-bond donors (Lipinski definition) is 2. The molecular formula is C27H25F3N4O4S. The second kappa shape index (κ2) is 10.0. The molecule has 2 N–H and O–H groups in total. The highest BCUT2D eigenvalue weighted by atomic mass is 32.2. The average Bonchev–Trinajstić information content (AvgIpc) is 3.12. The second-order valence-corrected chi connectivity index (χ2v) is 10.9. The third kappa shape index (κ3) is 5.34. The largest absolute Gasteiger partial charge is 0.491 e. The molecule has 12 heteroatoms. The number of fused-ring (bicyclic) bond motifs is 2. The lowest BCUT2D eigenvalue weighted by molar-refractivity contribution is -0.138. The van der Waals surface area contributed by atoms with Crippen molar-refractivity contribution >= 4 is 27.0 Å². The van der Waals surface area contributed by atoms with Crippen LogP contribution in [-0.4, -0.2) is 48.9 Å². The number of aromatic amines is 1. The molecule has 0 spiro atoms. The number of nitrogens with zero attached hydrogens (tertiary/aromatic N) is 2. The van der Waals surface area contributed by atoms with Gasteiger partial charge in [-0.15, -0.1) is 0 Å². The van der Waals surface area contributed by atoms with Crippen molar-refractivity contribution in [2.75, 3.05) is 19.7 Å². The molecule has 0 saturated carbocycles. The molecule has 0 atom stereocenters. The maximum Gasteiger partial charge on any atom is 0.417 e. The summed E-state index contributed by atoms with van der Waals surface area (Å²) in [4.78, 5) is 21.7. The molecule has 0 bridgehead atoms. The van der Waals surface area contributed by atoms with Crippen molar-refractivity contribution < 1.29 is 31.1 Å². The third-order valence-electron chi connectivity index (χ3n) is 6.43. The molecule has 39 heavy (non-hydrogen) atoms. The molecule has 8 nitrogen and oxygen atoms in total. The minimum Gasteiger partial charge on any atom is -0.491 e. The standard InChI is InChI=1S/C27H25F3N4O4S/c1-3-31-39(36,37)20-6-7-21(22(14-20)27(28,29)30)26(35)34-10-11-38-25-9-5-17(12-19(25)15-34)18-4-8-23-24(13-18)33-16(2)32-23/h4-9,12-14,31H,3,10-11,15H2,1-2H3,(H,32,33). The number of benzene rings is 3. The van der Waals surface area contributed by atoms with Gasteiger partial charge in [0, 0.05) is 18.7 Å². The summed E-state index contributed by atoms with van der Waals surface area (Å²) in [5.41, 5.74) is 2.14. The highest BCUT2D eigenvalue weighted by Gasteiger charge is 2.38. The molecule has 2 heterocycles. The number of rotatable bonds is 5. The van der Waals surface area contributed by atoms with Crippen LogP contribution in [0.15, 0.2) is 59.5 Å². The van der Waals surface area contributed by atoms with Gasteiger partial charge in [0.05, 0.1) is 33.6 Å². The molecule has 3 aromatic carbocycles. The fourth-order valence-electron chi connectivity index (χ4n) is 4.62. The second-order valence-electron chi connectivity index (χ2n) is 9.16. The van der Waals surface area contributed by atoms with E-state index in [0.717, 1.165) is 40.1 Å². The minimum absolute atomic E-state index is 0.00886.